The van der Waals surface area contributed by atoms with Crippen molar-refractivity contribution in [3.8, 4) is 0 Å². The number of nitrogens with zero attached hydrogens (tertiary/aromatic N) is 1. The Hall–Kier alpha value is -0.820. The zero-order valence-electron chi connectivity index (χ0n) is 11.2. The topological polar surface area (TPSA) is 3.24 Å². The number of likely N-dealkylation sites (tertiary alicyclic amines) is 1. The van der Waals surface area contributed by atoms with Crippen LogP contribution in [0.5, 0.6) is 0 Å². The summed E-state index contributed by atoms with van der Waals surface area (Å²) in [4.78, 5) is 2.65. The van der Waals surface area contributed by atoms with Crippen LogP contribution in [0.3, 0.4) is 0 Å². The summed E-state index contributed by atoms with van der Waals surface area (Å²) in [5.74, 6) is 1.72. The Balaban J connectivity index is 1.95. The predicted octanol–water partition coefficient (Wildman–Crippen LogP) is 3.94. The maximum absolute atomic E-state index is 2.65. The fraction of sp³-hybridized carbons (Fsp3) is 0.625. The third-order valence-corrected chi connectivity index (χ3v) is 3.98. The fourth-order valence-corrected chi connectivity index (χ4v) is 2.79. The van der Waals surface area contributed by atoms with Crippen LogP contribution in [0.25, 0.3) is 0 Å². The number of rotatable bonds is 3. The van der Waals surface area contributed by atoms with E-state index in [1.807, 2.05) is 0 Å². The van der Waals surface area contributed by atoms with Crippen molar-refractivity contribution >= 4 is 0 Å². The van der Waals surface area contributed by atoms with Gasteiger partial charge in [0, 0.05) is 13.1 Å². The molecule has 94 valence electrons. The Morgan fingerprint density at radius 3 is 2.65 bits per heavy atom. The zero-order chi connectivity index (χ0) is 12.1. The Bertz CT molecular complexity index is 318. The van der Waals surface area contributed by atoms with Gasteiger partial charge in [0.05, 0.1) is 0 Å². The van der Waals surface area contributed by atoms with E-state index >= 15 is 0 Å². The second-order valence-corrected chi connectivity index (χ2v) is 5.72. The first-order valence-corrected chi connectivity index (χ1v) is 7.02. The summed E-state index contributed by atoms with van der Waals surface area (Å²) in [6.45, 7) is 8.43. The van der Waals surface area contributed by atoms with Crippen LogP contribution in [0.2, 0.25) is 0 Å². The zero-order valence-corrected chi connectivity index (χ0v) is 11.2. The van der Waals surface area contributed by atoms with E-state index in [0.29, 0.717) is 0 Å². The second kappa shape index (κ2) is 6.20. The molecule has 0 amide bonds. The van der Waals surface area contributed by atoms with Gasteiger partial charge in [-0.2, -0.15) is 0 Å². The molecule has 0 radical (unpaired) electrons. The summed E-state index contributed by atoms with van der Waals surface area (Å²) in [6.07, 6.45) is 4.20. The molecule has 1 aromatic carbocycles. The Morgan fingerprint density at radius 1 is 1.18 bits per heavy atom. The molecule has 0 unspecified atom stereocenters. The van der Waals surface area contributed by atoms with Crippen molar-refractivity contribution in [3.63, 3.8) is 0 Å². The Morgan fingerprint density at radius 2 is 1.94 bits per heavy atom. The van der Waals surface area contributed by atoms with Gasteiger partial charge in [-0.05, 0) is 36.8 Å². The molecule has 1 heteroatoms. The van der Waals surface area contributed by atoms with E-state index in [-0.39, 0.29) is 0 Å². The van der Waals surface area contributed by atoms with Gasteiger partial charge in [-0.1, -0.05) is 50.6 Å². The van der Waals surface area contributed by atoms with Gasteiger partial charge in [-0.25, -0.2) is 0 Å². The molecule has 1 nitrogen and oxygen atoms in total. The van der Waals surface area contributed by atoms with Crippen molar-refractivity contribution in [2.45, 2.75) is 39.7 Å². The molecule has 0 bridgehead atoms. The maximum Gasteiger partial charge on any atom is 0.0233 e. The van der Waals surface area contributed by atoms with Crippen LogP contribution in [0.15, 0.2) is 30.3 Å². The number of hydrogen-bond donors (Lipinski definition) is 0. The van der Waals surface area contributed by atoms with Gasteiger partial charge in [0.15, 0.2) is 0 Å². The molecule has 0 saturated carbocycles. The molecule has 0 spiro atoms. The summed E-state index contributed by atoms with van der Waals surface area (Å²) >= 11 is 0. The van der Waals surface area contributed by atoms with E-state index in [1.165, 1.54) is 37.9 Å². The molecule has 1 heterocycles. The minimum Gasteiger partial charge on any atom is -0.299 e. The monoisotopic (exact) mass is 231 g/mol. The van der Waals surface area contributed by atoms with E-state index in [9.17, 15) is 0 Å². The van der Waals surface area contributed by atoms with E-state index in [2.05, 4.69) is 49.1 Å². The lowest BCUT2D eigenvalue weighted by Crippen LogP contribution is -2.29. The van der Waals surface area contributed by atoms with Crippen molar-refractivity contribution in [2.75, 3.05) is 13.1 Å². The molecule has 1 saturated heterocycles. The molecule has 1 aliphatic rings. The van der Waals surface area contributed by atoms with Gasteiger partial charge < -0.3 is 0 Å². The largest absolute Gasteiger partial charge is 0.299 e. The third-order valence-electron chi connectivity index (χ3n) is 3.98. The third kappa shape index (κ3) is 3.85. The van der Waals surface area contributed by atoms with Crippen LogP contribution in [0.1, 0.15) is 38.7 Å². The summed E-state index contributed by atoms with van der Waals surface area (Å²) < 4.78 is 0. The summed E-state index contributed by atoms with van der Waals surface area (Å²) in [6, 6.07) is 10.9. The van der Waals surface area contributed by atoms with Crippen molar-refractivity contribution < 1.29 is 0 Å². The van der Waals surface area contributed by atoms with E-state index in [4.69, 9.17) is 0 Å². The van der Waals surface area contributed by atoms with Crippen molar-refractivity contribution in [1.29, 1.82) is 0 Å². The molecule has 1 aliphatic heterocycles. The molecule has 2 rings (SSSR count). The first-order chi connectivity index (χ1) is 8.25. The lowest BCUT2D eigenvalue weighted by atomic mass is 9.91. The highest BCUT2D eigenvalue weighted by atomic mass is 15.1. The van der Waals surface area contributed by atoms with Gasteiger partial charge in [0.2, 0.25) is 0 Å². The lowest BCUT2D eigenvalue weighted by molar-refractivity contribution is 0.212. The van der Waals surface area contributed by atoms with Crippen LogP contribution in [0, 0.1) is 11.8 Å². The first kappa shape index (κ1) is 12.6. The van der Waals surface area contributed by atoms with Crippen LogP contribution in [-0.4, -0.2) is 18.0 Å². The maximum atomic E-state index is 2.65. The van der Waals surface area contributed by atoms with Gasteiger partial charge in [-0.3, -0.25) is 4.90 Å². The summed E-state index contributed by atoms with van der Waals surface area (Å²) in [7, 11) is 0. The summed E-state index contributed by atoms with van der Waals surface area (Å²) in [5.41, 5.74) is 1.46. The van der Waals surface area contributed by atoms with Crippen LogP contribution < -0.4 is 0 Å². The molecule has 1 aromatic rings. The average molecular weight is 231 g/mol. The van der Waals surface area contributed by atoms with E-state index in [1.54, 1.807) is 0 Å². The van der Waals surface area contributed by atoms with Crippen LogP contribution in [0.4, 0.5) is 0 Å². The quantitative estimate of drug-likeness (QED) is 0.761. The number of benzene rings is 1. The highest BCUT2D eigenvalue weighted by molar-refractivity contribution is 5.14. The SMILES string of the molecule is CC(C)[C@@H]1CCCCN(Cc2ccccc2)C1. The fourth-order valence-electron chi connectivity index (χ4n) is 2.79. The Kier molecular flexibility index (Phi) is 4.61. The van der Waals surface area contributed by atoms with E-state index < -0.39 is 0 Å². The molecule has 1 atom stereocenters. The average Bonchev–Trinajstić information content (AvgIpc) is 2.56. The van der Waals surface area contributed by atoms with Gasteiger partial charge >= 0.3 is 0 Å². The summed E-state index contributed by atoms with van der Waals surface area (Å²) in [5, 5.41) is 0. The van der Waals surface area contributed by atoms with Crippen LogP contribution >= 0.6 is 0 Å². The Labute approximate surface area is 106 Å². The normalized spacial score (nSPS) is 22.6. The number of hydrogen-bond acceptors (Lipinski definition) is 1. The standard InChI is InChI=1S/C16H25N/c1-14(2)16-10-6-7-11-17(13-16)12-15-8-4-3-5-9-15/h3-5,8-9,14,16H,6-7,10-13H2,1-2H3/t16-/m1/s1. The van der Waals surface area contributed by atoms with Gasteiger partial charge in [0.1, 0.15) is 0 Å². The predicted molar refractivity (Wildman–Crippen MR) is 73.9 cm³/mol. The van der Waals surface area contributed by atoms with Crippen molar-refractivity contribution in [3.05, 3.63) is 35.9 Å². The molecule has 1 fully saturated rings. The highest BCUT2D eigenvalue weighted by Crippen LogP contribution is 2.24. The van der Waals surface area contributed by atoms with Crippen molar-refractivity contribution in [1.82, 2.24) is 4.90 Å². The van der Waals surface area contributed by atoms with Gasteiger partial charge in [0.25, 0.3) is 0 Å². The molecular weight excluding hydrogens is 206 g/mol. The molecule has 0 N–H and O–H groups in total. The van der Waals surface area contributed by atoms with E-state index in [0.717, 1.165) is 18.4 Å². The van der Waals surface area contributed by atoms with Gasteiger partial charge in [-0.15, -0.1) is 0 Å². The highest BCUT2D eigenvalue weighted by Gasteiger charge is 2.20. The molecule has 17 heavy (non-hydrogen) atoms. The minimum atomic E-state index is 0.825. The van der Waals surface area contributed by atoms with Crippen molar-refractivity contribution in [2.24, 2.45) is 11.8 Å². The smallest absolute Gasteiger partial charge is 0.0233 e. The molecule has 0 aliphatic carbocycles. The second-order valence-electron chi connectivity index (χ2n) is 5.72. The molecular formula is C16H25N. The minimum absolute atomic E-state index is 0.825. The first-order valence-electron chi connectivity index (χ1n) is 7.02. The van der Waals surface area contributed by atoms with Crippen LogP contribution in [-0.2, 0) is 6.54 Å². The molecule has 0 aromatic heterocycles. The lowest BCUT2D eigenvalue weighted by Gasteiger charge is -2.26.